The second kappa shape index (κ2) is 12.6. The Kier molecular flexibility index (Phi) is 12.3. The second-order valence-electron chi connectivity index (χ2n) is 5.97. The van der Waals surface area contributed by atoms with Crippen LogP contribution in [0.25, 0.3) is 0 Å². The molecule has 0 aromatic heterocycles. The van der Waals surface area contributed by atoms with Gasteiger partial charge in [-0.15, -0.1) is 0 Å². The summed E-state index contributed by atoms with van der Waals surface area (Å²) in [5.74, 6) is -0.966. The third kappa shape index (κ3) is 9.00. The number of carbonyl (C=O) groups excluding carboxylic acids is 1. The van der Waals surface area contributed by atoms with E-state index in [1.54, 1.807) is 13.8 Å². The van der Waals surface area contributed by atoms with Gasteiger partial charge < -0.3 is 35.0 Å². The van der Waals surface area contributed by atoms with Crippen molar-refractivity contribution >= 4 is 5.78 Å². The molecule has 0 spiro atoms. The summed E-state index contributed by atoms with van der Waals surface area (Å²) in [5.41, 5.74) is 0. The van der Waals surface area contributed by atoms with Crippen LogP contribution < -0.4 is 0 Å². The SMILES string of the molecule is CCC(=O)C[C@@H](COC(OC(CO)[C@H](C)F)C(O)O)[C@H](O)[C@H](O)CC. The lowest BCUT2D eigenvalue weighted by molar-refractivity contribution is -0.282. The quantitative estimate of drug-likeness (QED) is 0.258. The highest BCUT2D eigenvalue weighted by Gasteiger charge is 2.31. The lowest BCUT2D eigenvalue weighted by atomic mass is 9.91. The van der Waals surface area contributed by atoms with Crippen LogP contribution >= 0.6 is 0 Å². The minimum atomic E-state index is -2.12. The fourth-order valence-electron chi connectivity index (χ4n) is 2.15. The number of hydrogen-bond donors (Lipinski definition) is 5. The zero-order chi connectivity index (χ0) is 19.6. The van der Waals surface area contributed by atoms with Gasteiger partial charge in [0, 0.05) is 18.8 Å². The first-order chi connectivity index (χ1) is 11.7. The van der Waals surface area contributed by atoms with Crippen molar-refractivity contribution in [3.8, 4) is 0 Å². The van der Waals surface area contributed by atoms with E-state index < -0.39 is 49.6 Å². The first-order valence-electron chi connectivity index (χ1n) is 8.43. The van der Waals surface area contributed by atoms with Gasteiger partial charge >= 0.3 is 0 Å². The molecular weight excluding hydrogens is 339 g/mol. The van der Waals surface area contributed by atoms with E-state index in [1.807, 2.05) is 0 Å². The molecule has 150 valence electrons. The number of carbonyl (C=O) groups is 1. The molecule has 0 aliphatic rings. The van der Waals surface area contributed by atoms with Crippen LogP contribution in [0, 0.1) is 5.92 Å². The Balaban J connectivity index is 4.96. The number of ketones is 1. The third-order valence-electron chi connectivity index (χ3n) is 3.90. The van der Waals surface area contributed by atoms with Gasteiger partial charge in [-0.2, -0.15) is 0 Å². The van der Waals surface area contributed by atoms with Crippen LogP contribution in [0.1, 0.15) is 40.0 Å². The Morgan fingerprint density at radius 2 is 1.76 bits per heavy atom. The molecule has 0 aromatic rings. The van der Waals surface area contributed by atoms with Crippen LogP contribution in [-0.2, 0) is 14.3 Å². The van der Waals surface area contributed by atoms with Gasteiger partial charge in [0.05, 0.1) is 25.4 Å². The first-order valence-corrected chi connectivity index (χ1v) is 8.43. The smallest absolute Gasteiger partial charge is 0.209 e. The molecule has 8 nitrogen and oxygen atoms in total. The summed E-state index contributed by atoms with van der Waals surface area (Å²) in [7, 11) is 0. The summed E-state index contributed by atoms with van der Waals surface area (Å²) in [6, 6.07) is 0. The highest BCUT2D eigenvalue weighted by molar-refractivity contribution is 5.78. The molecule has 9 heteroatoms. The molecule has 2 unspecified atom stereocenters. The zero-order valence-corrected chi connectivity index (χ0v) is 14.9. The number of ether oxygens (including phenoxy) is 2. The summed E-state index contributed by atoms with van der Waals surface area (Å²) in [4.78, 5) is 11.7. The Bertz CT molecular complexity index is 366. The molecule has 0 aliphatic carbocycles. The highest BCUT2D eigenvalue weighted by atomic mass is 19.1. The van der Waals surface area contributed by atoms with E-state index in [1.165, 1.54) is 0 Å². The van der Waals surface area contributed by atoms with E-state index in [4.69, 9.17) is 14.6 Å². The Labute approximate surface area is 147 Å². The molecule has 0 aromatic carbocycles. The molecule has 6 atom stereocenters. The van der Waals surface area contributed by atoms with Crippen molar-refractivity contribution < 1.29 is 44.2 Å². The summed E-state index contributed by atoms with van der Waals surface area (Å²) >= 11 is 0. The van der Waals surface area contributed by atoms with Gasteiger partial charge in [-0.25, -0.2) is 4.39 Å². The van der Waals surface area contributed by atoms with E-state index in [0.29, 0.717) is 0 Å². The number of aliphatic hydroxyl groups excluding tert-OH is 4. The van der Waals surface area contributed by atoms with Crippen LogP contribution in [0.15, 0.2) is 0 Å². The van der Waals surface area contributed by atoms with Gasteiger partial charge in [-0.1, -0.05) is 13.8 Å². The molecular formula is C16H31FO8. The van der Waals surface area contributed by atoms with Gasteiger partial charge in [0.2, 0.25) is 12.6 Å². The average molecular weight is 370 g/mol. The molecule has 0 radical (unpaired) electrons. The summed E-state index contributed by atoms with van der Waals surface area (Å²) in [6.45, 7) is 3.42. The van der Waals surface area contributed by atoms with Crippen LogP contribution in [0.2, 0.25) is 0 Å². The molecule has 0 rings (SSSR count). The Morgan fingerprint density at radius 3 is 2.16 bits per heavy atom. The molecule has 0 bridgehead atoms. The summed E-state index contributed by atoms with van der Waals surface area (Å²) in [5, 5.41) is 47.6. The zero-order valence-electron chi connectivity index (χ0n) is 14.9. The summed E-state index contributed by atoms with van der Waals surface area (Å²) < 4.78 is 23.4. The lowest BCUT2D eigenvalue weighted by Crippen LogP contribution is -2.43. The van der Waals surface area contributed by atoms with Gasteiger partial charge in [0.15, 0.2) is 0 Å². The van der Waals surface area contributed by atoms with E-state index in [-0.39, 0.29) is 31.7 Å². The van der Waals surface area contributed by atoms with Crippen LogP contribution in [0.5, 0.6) is 0 Å². The maximum atomic E-state index is 13.3. The van der Waals surface area contributed by atoms with Crippen LogP contribution in [0.3, 0.4) is 0 Å². The lowest BCUT2D eigenvalue weighted by Gasteiger charge is -2.30. The van der Waals surface area contributed by atoms with Crippen LogP contribution in [-0.4, -0.2) is 81.6 Å². The number of rotatable bonds is 14. The maximum Gasteiger partial charge on any atom is 0.209 e. The molecule has 0 saturated heterocycles. The van der Waals surface area contributed by atoms with E-state index in [2.05, 4.69) is 0 Å². The van der Waals surface area contributed by atoms with Crippen molar-refractivity contribution in [3.63, 3.8) is 0 Å². The Hall–Kier alpha value is -0.680. The van der Waals surface area contributed by atoms with E-state index in [9.17, 15) is 29.6 Å². The Morgan fingerprint density at radius 1 is 1.16 bits per heavy atom. The molecule has 0 saturated carbocycles. The number of Topliss-reactive ketones (excluding diaryl/α,β-unsaturated/α-hetero) is 1. The fraction of sp³-hybridized carbons (Fsp3) is 0.938. The normalized spacial score (nSPS) is 19.3. The molecule has 0 amide bonds. The number of halogens is 1. The first kappa shape index (κ1) is 24.3. The van der Waals surface area contributed by atoms with Crippen molar-refractivity contribution in [1.82, 2.24) is 0 Å². The largest absolute Gasteiger partial charge is 0.394 e. The van der Waals surface area contributed by atoms with Gasteiger partial charge in [0.1, 0.15) is 18.1 Å². The van der Waals surface area contributed by atoms with Gasteiger partial charge in [-0.05, 0) is 13.3 Å². The fourth-order valence-corrected chi connectivity index (χ4v) is 2.15. The molecule has 5 N–H and O–H groups in total. The molecule has 0 heterocycles. The van der Waals surface area contributed by atoms with E-state index >= 15 is 0 Å². The van der Waals surface area contributed by atoms with Crippen molar-refractivity contribution in [2.24, 2.45) is 5.92 Å². The van der Waals surface area contributed by atoms with Crippen LogP contribution in [0.4, 0.5) is 4.39 Å². The third-order valence-corrected chi connectivity index (χ3v) is 3.90. The molecule has 0 aliphatic heterocycles. The second-order valence-corrected chi connectivity index (χ2v) is 5.97. The highest BCUT2D eigenvalue weighted by Crippen LogP contribution is 2.19. The minimum Gasteiger partial charge on any atom is -0.394 e. The standard InChI is InChI=1S/C16H31FO8/c1-4-11(19)6-10(14(21)12(20)5-2)8-24-16(15(22)23)25-13(7-18)9(3)17/h9-10,12-16,18,20-23H,4-8H2,1-3H3/t9-,10-,12+,13?,14-,16?/m0/s1. The van der Waals surface area contributed by atoms with E-state index in [0.717, 1.165) is 6.92 Å². The predicted octanol–water partition coefficient (Wildman–Crippen LogP) is -0.507. The maximum absolute atomic E-state index is 13.3. The molecule has 0 fully saturated rings. The minimum absolute atomic E-state index is 0.0775. The average Bonchev–Trinajstić information content (AvgIpc) is 2.58. The van der Waals surface area contributed by atoms with Crippen molar-refractivity contribution in [1.29, 1.82) is 0 Å². The van der Waals surface area contributed by atoms with Crippen molar-refractivity contribution in [2.75, 3.05) is 13.2 Å². The molecule has 25 heavy (non-hydrogen) atoms. The summed E-state index contributed by atoms with van der Waals surface area (Å²) in [6.07, 6.45) is -8.63. The van der Waals surface area contributed by atoms with Crippen molar-refractivity contribution in [2.45, 2.75) is 77.1 Å². The number of alkyl halides is 1. The topological polar surface area (TPSA) is 137 Å². The van der Waals surface area contributed by atoms with Gasteiger partial charge in [0.25, 0.3) is 0 Å². The monoisotopic (exact) mass is 370 g/mol. The van der Waals surface area contributed by atoms with Crippen molar-refractivity contribution in [3.05, 3.63) is 0 Å². The number of hydrogen-bond acceptors (Lipinski definition) is 8. The number of aliphatic hydroxyl groups is 5. The van der Waals surface area contributed by atoms with Gasteiger partial charge in [-0.3, -0.25) is 4.79 Å². The predicted molar refractivity (Wildman–Crippen MR) is 86.2 cm³/mol.